The predicted molar refractivity (Wildman–Crippen MR) is 73.1 cm³/mol. The van der Waals surface area contributed by atoms with Crippen molar-refractivity contribution in [3.8, 4) is 0 Å². The number of hydrogen-bond donors (Lipinski definition) is 3. The summed E-state index contributed by atoms with van der Waals surface area (Å²) < 4.78 is 0. The van der Waals surface area contributed by atoms with Crippen LogP contribution in [-0.4, -0.2) is 44.9 Å². The molecule has 0 radical (unpaired) electrons. The van der Waals surface area contributed by atoms with Gasteiger partial charge in [-0.15, -0.1) is 0 Å². The minimum Gasteiger partial charge on any atom is -0.481 e. The highest BCUT2D eigenvalue weighted by Crippen LogP contribution is 2.27. The smallest absolute Gasteiger partial charge is 0.335 e. The molecule has 1 aliphatic heterocycles. The van der Waals surface area contributed by atoms with Gasteiger partial charge in [-0.25, -0.2) is 4.79 Å². The molecule has 1 aliphatic rings. The summed E-state index contributed by atoms with van der Waals surface area (Å²) >= 11 is 0. The number of nitrogens with zero attached hydrogens (tertiary/aromatic N) is 1. The number of aromatic carboxylic acids is 1. The molecular weight excluding hydrogens is 292 g/mol. The van der Waals surface area contributed by atoms with E-state index in [2.05, 4.69) is 0 Å². The largest absolute Gasteiger partial charge is 0.481 e. The number of amides is 2. The lowest BCUT2D eigenvalue weighted by Crippen LogP contribution is -2.45. The molecule has 0 fully saturated rings. The Hall–Kier alpha value is -2.90. The van der Waals surface area contributed by atoms with E-state index < -0.39 is 29.8 Å². The van der Waals surface area contributed by atoms with Gasteiger partial charge < -0.3 is 20.8 Å². The van der Waals surface area contributed by atoms with E-state index in [4.69, 9.17) is 15.9 Å². The number of carboxylic acids is 2. The monoisotopic (exact) mass is 306 g/mol. The summed E-state index contributed by atoms with van der Waals surface area (Å²) in [4.78, 5) is 46.6. The molecule has 22 heavy (non-hydrogen) atoms. The first-order chi connectivity index (χ1) is 10.3. The van der Waals surface area contributed by atoms with Gasteiger partial charge in [0.15, 0.2) is 0 Å². The third kappa shape index (κ3) is 2.90. The van der Waals surface area contributed by atoms with Crippen LogP contribution in [0.25, 0.3) is 0 Å². The Morgan fingerprint density at radius 1 is 1.27 bits per heavy atom. The average molecular weight is 306 g/mol. The van der Waals surface area contributed by atoms with Crippen molar-refractivity contribution in [2.24, 2.45) is 5.73 Å². The van der Waals surface area contributed by atoms with Crippen molar-refractivity contribution in [1.82, 2.24) is 4.90 Å². The highest BCUT2D eigenvalue weighted by Gasteiger charge is 2.35. The van der Waals surface area contributed by atoms with Crippen LogP contribution in [-0.2, 0) is 16.1 Å². The number of primary amides is 1. The molecule has 0 aromatic heterocycles. The van der Waals surface area contributed by atoms with Crippen LogP contribution in [0.15, 0.2) is 18.2 Å². The molecule has 1 aromatic rings. The number of carboxylic acid groups (broad SMARTS) is 2. The highest BCUT2D eigenvalue weighted by atomic mass is 16.4. The molecule has 4 N–H and O–H groups in total. The van der Waals surface area contributed by atoms with E-state index in [9.17, 15) is 19.2 Å². The van der Waals surface area contributed by atoms with Crippen molar-refractivity contribution in [1.29, 1.82) is 0 Å². The second-order valence-corrected chi connectivity index (χ2v) is 4.96. The third-order valence-corrected chi connectivity index (χ3v) is 3.52. The van der Waals surface area contributed by atoms with Crippen molar-refractivity contribution in [2.45, 2.75) is 25.4 Å². The summed E-state index contributed by atoms with van der Waals surface area (Å²) in [6.45, 7) is 0.0303. The van der Waals surface area contributed by atoms with E-state index in [-0.39, 0.29) is 24.9 Å². The fourth-order valence-corrected chi connectivity index (χ4v) is 2.44. The standard InChI is InChI=1S/C14H14N2O6/c15-12(19)10(3-4-11(17)18)16-6-8-5-7(14(21)22)1-2-9(8)13(16)20/h1-2,5,10H,3-4,6H2,(H2,15,19)(H,17,18)(H,21,22). The highest BCUT2D eigenvalue weighted by molar-refractivity contribution is 6.02. The van der Waals surface area contributed by atoms with Gasteiger partial charge in [-0.05, 0) is 30.2 Å². The second kappa shape index (κ2) is 5.84. The molecule has 0 saturated carbocycles. The summed E-state index contributed by atoms with van der Waals surface area (Å²) in [6.07, 6.45) is -0.385. The zero-order chi connectivity index (χ0) is 16.4. The van der Waals surface area contributed by atoms with E-state index in [0.717, 1.165) is 0 Å². The first-order valence-electron chi connectivity index (χ1n) is 6.49. The van der Waals surface area contributed by atoms with Crippen molar-refractivity contribution < 1.29 is 29.4 Å². The van der Waals surface area contributed by atoms with Gasteiger partial charge in [-0.2, -0.15) is 0 Å². The predicted octanol–water partition coefficient (Wildman–Crippen LogP) is 0.0593. The number of carbonyl (C=O) groups is 4. The Balaban J connectivity index is 2.26. The van der Waals surface area contributed by atoms with Gasteiger partial charge in [-0.3, -0.25) is 14.4 Å². The third-order valence-electron chi connectivity index (χ3n) is 3.52. The van der Waals surface area contributed by atoms with Gasteiger partial charge in [0, 0.05) is 18.5 Å². The molecule has 0 spiro atoms. The van der Waals surface area contributed by atoms with E-state index >= 15 is 0 Å². The number of fused-ring (bicyclic) bond motifs is 1. The maximum atomic E-state index is 12.3. The molecule has 2 rings (SSSR count). The molecule has 1 unspecified atom stereocenters. The Labute approximate surface area is 125 Å². The maximum Gasteiger partial charge on any atom is 0.335 e. The summed E-state index contributed by atoms with van der Waals surface area (Å²) in [5, 5.41) is 17.7. The molecule has 0 bridgehead atoms. The van der Waals surface area contributed by atoms with Gasteiger partial charge in [0.1, 0.15) is 6.04 Å². The number of benzene rings is 1. The van der Waals surface area contributed by atoms with Crippen molar-refractivity contribution >= 4 is 23.8 Å². The van der Waals surface area contributed by atoms with Crippen LogP contribution in [0.1, 0.15) is 39.1 Å². The Morgan fingerprint density at radius 2 is 1.95 bits per heavy atom. The van der Waals surface area contributed by atoms with Crippen LogP contribution in [0, 0.1) is 0 Å². The molecular formula is C14H14N2O6. The fourth-order valence-electron chi connectivity index (χ4n) is 2.44. The van der Waals surface area contributed by atoms with Gasteiger partial charge in [0.25, 0.3) is 5.91 Å². The Kier molecular flexibility index (Phi) is 4.11. The molecule has 8 heteroatoms. The first kappa shape index (κ1) is 15.5. The van der Waals surface area contributed by atoms with Crippen LogP contribution in [0.3, 0.4) is 0 Å². The zero-order valence-electron chi connectivity index (χ0n) is 11.5. The first-order valence-corrected chi connectivity index (χ1v) is 6.49. The summed E-state index contributed by atoms with van der Waals surface area (Å²) in [7, 11) is 0. The molecule has 1 heterocycles. The number of hydrogen-bond acceptors (Lipinski definition) is 4. The van der Waals surface area contributed by atoms with Crippen molar-refractivity contribution in [3.63, 3.8) is 0 Å². The molecule has 2 amide bonds. The van der Waals surface area contributed by atoms with Gasteiger partial charge in [-0.1, -0.05) is 0 Å². The second-order valence-electron chi connectivity index (χ2n) is 4.96. The lowest BCUT2D eigenvalue weighted by Gasteiger charge is -2.24. The van der Waals surface area contributed by atoms with Crippen molar-refractivity contribution in [3.05, 3.63) is 34.9 Å². The molecule has 0 saturated heterocycles. The van der Waals surface area contributed by atoms with Crippen LogP contribution < -0.4 is 5.73 Å². The maximum absolute atomic E-state index is 12.3. The van der Waals surface area contributed by atoms with Gasteiger partial charge in [0.05, 0.1) is 5.56 Å². The Bertz CT molecular complexity index is 669. The molecule has 116 valence electrons. The van der Waals surface area contributed by atoms with Crippen LogP contribution >= 0.6 is 0 Å². The molecule has 0 aliphatic carbocycles. The minimum absolute atomic E-state index is 0.0303. The quantitative estimate of drug-likeness (QED) is 0.679. The van der Waals surface area contributed by atoms with Gasteiger partial charge >= 0.3 is 11.9 Å². The zero-order valence-corrected chi connectivity index (χ0v) is 11.5. The number of aliphatic carboxylic acids is 1. The SMILES string of the molecule is NC(=O)C(CCC(=O)O)N1Cc2cc(C(=O)O)ccc2C1=O. The van der Waals surface area contributed by atoms with E-state index in [1.807, 2.05) is 0 Å². The van der Waals surface area contributed by atoms with E-state index in [1.165, 1.54) is 23.1 Å². The number of carbonyl (C=O) groups excluding carboxylic acids is 2. The number of nitrogens with two attached hydrogens (primary N) is 1. The molecule has 8 nitrogen and oxygen atoms in total. The van der Waals surface area contributed by atoms with Gasteiger partial charge in [0.2, 0.25) is 5.91 Å². The topological polar surface area (TPSA) is 138 Å². The molecule has 1 atom stereocenters. The Morgan fingerprint density at radius 3 is 2.50 bits per heavy atom. The lowest BCUT2D eigenvalue weighted by molar-refractivity contribution is -0.137. The van der Waals surface area contributed by atoms with Crippen LogP contribution in [0.5, 0.6) is 0 Å². The van der Waals surface area contributed by atoms with E-state index in [1.54, 1.807) is 0 Å². The minimum atomic E-state index is -1.12. The fraction of sp³-hybridized carbons (Fsp3) is 0.286. The number of rotatable bonds is 6. The lowest BCUT2D eigenvalue weighted by atomic mass is 10.1. The molecule has 1 aromatic carbocycles. The van der Waals surface area contributed by atoms with Crippen LogP contribution in [0.4, 0.5) is 0 Å². The normalized spacial score (nSPS) is 14.5. The average Bonchev–Trinajstić information content (AvgIpc) is 2.75. The van der Waals surface area contributed by atoms with Crippen LogP contribution in [0.2, 0.25) is 0 Å². The summed E-state index contributed by atoms with van der Waals surface area (Å²) in [5.74, 6) is -3.46. The van der Waals surface area contributed by atoms with E-state index in [0.29, 0.717) is 11.1 Å². The summed E-state index contributed by atoms with van der Waals surface area (Å²) in [5.41, 5.74) is 6.07. The summed E-state index contributed by atoms with van der Waals surface area (Å²) in [6, 6.07) is 3.02. The van der Waals surface area contributed by atoms with Crippen molar-refractivity contribution in [2.75, 3.05) is 0 Å².